The molecule has 3 atom stereocenters. The Balaban J connectivity index is 2.59. The van der Waals surface area contributed by atoms with Crippen LogP contribution in [0.1, 0.15) is 40.0 Å². The van der Waals surface area contributed by atoms with Crippen LogP contribution in [0, 0.1) is 11.3 Å². The minimum absolute atomic E-state index is 0.0924. The third kappa shape index (κ3) is 5.71. The van der Waals surface area contributed by atoms with Crippen molar-refractivity contribution in [3.8, 4) is 0 Å². The third-order valence-electron chi connectivity index (χ3n) is 3.47. The Morgan fingerprint density at radius 3 is 2.52 bits per heavy atom. The molecule has 0 aliphatic carbocycles. The van der Waals surface area contributed by atoms with E-state index in [1.165, 1.54) is 0 Å². The van der Waals surface area contributed by atoms with Crippen molar-refractivity contribution in [2.75, 3.05) is 6.54 Å². The summed E-state index contributed by atoms with van der Waals surface area (Å²) in [6, 6.07) is -1.85. The number of rotatable bonds is 6. The number of nitrogens with two attached hydrogens (primary N) is 1. The zero-order valence-corrected chi connectivity index (χ0v) is 12.8. The second-order valence-electron chi connectivity index (χ2n) is 6.78. The average Bonchev–Trinajstić information content (AvgIpc) is 2.71. The summed E-state index contributed by atoms with van der Waals surface area (Å²) in [6.07, 6.45) is 1.14. The van der Waals surface area contributed by atoms with Gasteiger partial charge in [-0.25, -0.2) is 4.79 Å². The second kappa shape index (κ2) is 6.89. The van der Waals surface area contributed by atoms with Gasteiger partial charge < -0.3 is 21.5 Å². The van der Waals surface area contributed by atoms with Crippen molar-refractivity contribution < 1.29 is 19.5 Å². The van der Waals surface area contributed by atoms with Crippen LogP contribution in [0.3, 0.4) is 0 Å². The van der Waals surface area contributed by atoms with E-state index in [0.29, 0.717) is 19.4 Å². The first-order valence-electron chi connectivity index (χ1n) is 7.16. The molecule has 2 amide bonds. The van der Waals surface area contributed by atoms with Gasteiger partial charge in [0.05, 0.1) is 6.04 Å². The molecule has 0 saturated carbocycles. The van der Waals surface area contributed by atoms with E-state index in [0.717, 1.165) is 0 Å². The number of hydrogen-bond acceptors (Lipinski definition) is 4. The molecule has 1 rings (SSSR count). The van der Waals surface area contributed by atoms with Crippen LogP contribution in [0.15, 0.2) is 0 Å². The Bertz CT molecular complexity index is 417. The van der Waals surface area contributed by atoms with Crippen LogP contribution < -0.4 is 16.4 Å². The molecule has 0 bridgehead atoms. The van der Waals surface area contributed by atoms with Gasteiger partial charge >= 0.3 is 5.97 Å². The van der Waals surface area contributed by atoms with Crippen LogP contribution >= 0.6 is 0 Å². The molecule has 21 heavy (non-hydrogen) atoms. The SMILES string of the molecule is CC(C)(C)CC(N)C(=O)NC(C[C@@H]1CCNC1=O)C(=O)O. The Morgan fingerprint density at radius 1 is 1.48 bits per heavy atom. The molecule has 1 heterocycles. The summed E-state index contributed by atoms with van der Waals surface area (Å²) in [4.78, 5) is 34.7. The van der Waals surface area contributed by atoms with Gasteiger partial charge in [-0.2, -0.15) is 0 Å². The van der Waals surface area contributed by atoms with E-state index < -0.39 is 24.0 Å². The summed E-state index contributed by atoms with van der Waals surface area (Å²) in [5.41, 5.74) is 5.68. The first-order valence-corrected chi connectivity index (χ1v) is 7.16. The maximum Gasteiger partial charge on any atom is 0.326 e. The number of carbonyl (C=O) groups is 3. The van der Waals surface area contributed by atoms with Gasteiger partial charge in [0.1, 0.15) is 6.04 Å². The van der Waals surface area contributed by atoms with E-state index in [4.69, 9.17) is 5.73 Å². The van der Waals surface area contributed by atoms with E-state index in [1.54, 1.807) is 0 Å². The highest BCUT2D eigenvalue weighted by Gasteiger charge is 2.32. The van der Waals surface area contributed by atoms with Crippen LogP contribution in [0.25, 0.3) is 0 Å². The van der Waals surface area contributed by atoms with Crippen LogP contribution in [0.2, 0.25) is 0 Å². The van der Waals surface area contributed by atoms with Gasteiger partial charge in [-0.1, -0.05) is 20.8 Å². The third-order valence-corrected chi connectivity index (χ3v) is 3.47. The number of nitrogens with one attached hydrogen (secondary N) is 2. The fraction of sp³-hybridized carbons (Fsp3) is 0.786. The van der Waals surface area contributed by atoms with Gasteiger partial charge in [0.2, 0.25) is 11.8 Å². The van der Waals surface area contributed by atoms with Crippen molar-refractivity contribution in [1.29, 1.82) is 0 Å². The van der Waals surface area contributed by atoms with Crippen molar-refractivity contribution in [2.45, 2.75) is 52.1 Å². The standard InChI is InChI=1S/C14H25N3O4/c1-14(2,3)7-9(15)12(19)17-10(13(20)21)6-8-4-5-16-11(8)18/h8-10H,4-7,15H2,1-3H3,(H,16,18)(H,17,19)(H,20,21)/t8-,9?,10?/m0/s1. The fourth-order valence-corrected chi connectivity index (χ4v) is 2.41. The molecule has 120 valence electrons. The molecule has 0 aromatic rings. The summed E-state index contributed by atoms with van der Waals surface area (Å²) < 4.78 is 0. The molecule has 0 radical (unpaired) electrons. The molecule has 7 heteroatoms. The number of carbonyl (C=O) groups excluding carboxylic acids is 2. The predicted octanol–water partition coefficient (Wildman–Crippen LogP) is -0.154. The lowest BCUT2D eigenvalue weighted by atomic mass is 9.88. The van der Waals surface area contributed by atoms with Gasteiger partial charge in [0.15, 0.2) is 0 Å². The number of aliphatic carboxylic acids is 1. The van der Waals surface area contributed by atoms with Crippen LogP contribution in [-0.4, -0.2) is 41.5 Å². The Morgan fingerprint density at radius 2 is 2.10 bits per heavy atom. The Kier molecular flexibility index (Phi) is 5.71. The van der Waals surface area contributed by atoms with Crippen LogP contribution in [0.4, 0.5) is 0 Å². The summed E-state index contributed by atoms with van der Waals surface area (Å²) >= 11 is 0. The number of amides is 2. The molecule has 7 nitrogen and oxygen atoms in total. The fourth-order valence-electron chi connectivity index (χ4n) is 2.41. The minimum Gasteiger partial charge on any atom is -0.480 e. The van der Waals surface area contributed by atoms with E-state index in [1.807, 2.05) is 20.8 Å². The molecule has 2 unspecified atom stereocenters. The van der Waals surface area contributed by atoms with E-state index in [-0.39, 0.29) is 23.7 Å². The van der Waals surface area contributed by atoms with Crippen LogP contribution in [0.5, 0.6) is 0 Å². The Hall–Kier alpha value is -1.63. The molecule has 1 fully saturated rings. The quantitative estimate of drug-likeness (QED) is 0.543. The van der Waals surface area contributed by atoms with E-state index in [2.05, 4.69) is 10.6 Å². The van der Waals surface area contributed by atoms with Crippen molar-refractivity contribution in [3.05, 3.63) is 0 Å². The van der Waals surface area contributed by atoms with Crippen molar-refractivity contribution in [3.63, 3.8) is 0 Å². The number of carboxylic acids is 1. The van der Waals surface area contributed by atoms with E-state index >= 15 is 0 Å². The maximum absolute atomic E-state index is 12.0. The maximum atomic E-state index is 12.0. The largest absolute Gasteiger partial charge is 0.480 e. The zero-order chi connectivity index (χ0) is 16.2. The highest BCUT2D eigenvalue weighted by Crippen LogP contribution is 2.20. The lowest BCUT2D eigenvalue weighted by Crippen LogP contribution is -2.50. The molecule has 1 saturated heterocycles. The highest BCUT2D eigenvalue weighted by molar-refractivity contribution is 5.87. The van der Waals surface area contributed by atoms with Crippen molar-refractivity contribution in [1.82, 2.24) is 10.6 Å². The predicted molar refractivity (Wildman–Crippen MR) is 77.3 cm³/mol. The lowest BCUT2D eigenvalue weighted by molar-refractivity contribution is -0.142. The number of carboxylic acid groups (broad SMARTS) is 1. The summed E-state index contributed by atoms with van der Waals surface area (Å²) in [7, 11) is 0. The molecule has 0 spiro atoms. The average molecular weight is 299 g/mol. The zero-order valence-electron chi connectivity index (χ0n) is 12.8. The van der Waals surface area contributed by atoms with Gasteiger partial charge in [0, 0.05) is 12.5 Å². The molecule has 0 aromatic carbocycles. The Labute approximate surface area is 124 Å². The lowest BCUT2D eigenvalue weighted by Gasteiger charge is -2.24. The summed E-state index contributed by atoms with van der Waals surface area (Å²) in [5.74, 6) is -2.17. The molecule has 1 aliphatic rings. The summed E-state index contributed by atoms with van der Waals surface area (Å²) in [6.45, 7) is 6.42. The van der Waals surface area contributed by atoms with Gasteiger partial charge in [0.25, 0.3) is 0 Å². The smallest absolute Gasteiger partial charge is 0.326 e. The first-order chi connectivity index (χ1) is 9.60. The first kappa shape index (κ1) is 17.4. The topological polar surface area (TPSA) is 122 Å². The highest BCUT2D eigenvalue weighted by atomic mass is 16.4. The monoisotopic (exact) mass is 299 g/mol. The van der Waals surface area contributed by atoms with Gasteiger partial charge in [-0.05, 0) is 24.7 Å². The van der Waals surface area contributed by atoms with Gasteiger partial charge in [-0.15, -0.1) is 0 Å². The molecular weight excluding hydrogens is 274 g/mol. The van der Waals surface area contributed by atoms with Crippen molar-refractivity contribution in [2.24, 2.45) is 17.1 Å². The van der Waals surface area contributed by atoms with Crippen LogP contribution in [-0.2, 0) is 14.4 Å². The van der Waals surface area contributed by atoms with E-state index in [9.17, 15) is 19.5 Å². The minimum atomic E-state index is -1.15. The second-order valence-corrected chi connectivity index (χ2v) is 6.78. The number of hydrogen-bond donors (Lipinski definition) is 4. The normalized spacial score (nSPS) is 21.5. The summed E-state index contributed by atoms with van der Waals surface area (Å²) in [5, 5.41) is 14.3. The van der Waals surface area contributed by atoms with Gasteiger partial charge in [-0.3, -0.25) is 9.59 Å². The molecule has 0 aromatic heterocycles. The van der Waals surface area contributed by atoms with Crippen molar-refractivity contribution >= 4 is 17.8 Å². The molecule has 1 aliphatic heterocycles. The molecule has 5 N–H and O–H groups in total. The molecular formula is C14H25N3O4.